The van der Waals surface area contributed by atoms with E-state index in [0.29, 0.717) is 12.4 Å². The molecule has 4 heterocycles. The SMILES string of the molecule is COc1cccc2c1OC(CN1CC=C(c3c[nH]c4ncccc34)CC1)CO2. The fourth-order valence-electron chi connectivity index (χ4n) is 3.99. The van der Waals surface area contributed by atoms with Gasteiger partial charge in [0.1, 0.15) is 18.4 Å². The van der Waals surface area contributed by atoms with Gasteiger partial charge in [-0.2, -0.15) is 0 Å². The summed E-state index contributed by atoms with van der Waals surface area (Å²) in [5, 5.41) is 1.19. The molecule has 0 spiro atoms. The molecule has 3 aromatic rings. The normalized spacial score (nSPS) is 19.5. The molecule has 5 rings (SSSR count). The summed E-state index contributed by atoms with van der Waals surface area (Å²) in [5.74, 6) is 2.18. The molecule has 0 bridgehead atoms. The van der Waals surface area contributed by atoms with Gasteiger partial charge in [0.25, 0.3) is 0 Å². The number of fused-ring (bicyclic) bond motifs is 2. The summed E-state index contributed by atoms with van der Waals surface area (Å²) in [5.41, 5.74) is 3.59. The van der Waals surface area contributed by atoms with E-state index in [1.165, 1.54) is 16.5 Å². The molecule has 144 valence electrons. The molecule has 28 heavy (non-hydrogen) atoms. The van der Waals surface area contributed by atoms with E-state index in [-0.39, 0.29) is 6.10 Å². The highest BCUT2D eigenvalue weighted by atomic mass is 16.6. The molecule has 2 aliphatic rings. The predicted molar refractivity (Wildman–Crippen MR) is 108 cm³/mol. The van der Waals surface area contributed by atoms with Gasteiger partial charge in [0.15, 0.2) is 11.5 Å². The number of pyridine rings is 1. The quantitative estimate of drug-likeness (QED) is 0.754. The number of hydrogen-bond acceptors (Lipinski definition) is 5. The van der Waals surface area contributed by atoms with Crippen molar-refractivity contribution < 1.29 is 14.2 Å². The van der Waals surface area contributed by atoms with E-state index in [1.807, 2.05) is 30.5 Å². The van der Waals surface area contributed by atoms with Crippen LogP contribution in [0.25, 0.3) is 16.6 Å². The van der Waals surface area contributed by atoms with E-state index in [1.54, 1.807) is 7.11 Å². The van der Waals surface area contributed by atoms with Gasteiger partial charge in [0.05, 0.1) is 7.11 Å². The number of rotatable bonds is 4. The Hall–Kier alpha value is -2.99. The maximum Gasteiger partial charge on any atom is 0.204 e. The third kappa shape index (κ3) is 3.10. The molecular weight excluding hydrogens is 354 g/mol. The van der Waals surface area contributed by atoms with Crippen LogP contribution in [0.15, 0.2) is 48.8 Å². The molecule has 0 amide bonds. The highest BCUT2D eigenvalue weighted by Gasteiger charge is 2.27. The van der Waals surface area contributed by atoms with Crippen LogP contribution in [0.4, 0.5) is 0 Å². The monoisotopic (exact) mass is 377 g/mol. The largest absolute Gasteiger partial charge is 0.493 e. The molecule has 0 saturated carbocycles. The number of methoxy groups -OCH3 is 1. The van der Waals surface area contributed by atoms with Crippen LogP contribution in [0.3, 0.4) is 0 Å². The minimum Gasteiger partial charge on any atom is -0.493 e. The molecule has 1 N–H and O–H groups in total. The number of aromatic amines is 1. The summed E-state index contributed by atoms with van der Waals surface area (Å²) >= 11 is 0. The Morgan fingerprint density at radius 3 is 3.11 bits per heavy atom. The van der Waals surface area contributed by atoms with Crippen LogP contribution < -0.4 is 14.2 Å². The standard InChI is InChI=1S/C22H23N3O3/c1-26-19-5-2-6-20-21(19)28-16(14-27-20)13-25-10-7-15(8-11-25)18-12-24-22-17(18)4-3-9-23-22/h2-7,9,12,16H,8,10-11,13-14H2,1H3,(H,23,24). The lowest BCUT2D eigenvalue weighted by molar-refractivity contribution is 0.0586. The molecular formula is C22H23N3O3. The summed E-state index contributed by atoms with van der Waals surface area (Å²) in [6.07, 6.45) is 7.21. The molecule has 0 saturated heterocycles. The number of H-pyrrole nitrogens is 1. The smallest absolute Gasteiger partial charge is 0.204 e. The van der Waals surface area contributed by atoms with Crippen molar-refractivity contribution >= 4 is 16.6 Å². The number of nitrogens with zero attached hydrogens (tertiary/aromatic N) is 2. The first-order valence-electron chi connectivity index (χ1n) is 9.62. The number of nitrogens with one attached hydrogen (secondary N) is 1. The highest BCUT2D eigenvalue weighted by molar-refractivity contribution is 5.90. The van der Waals surface area contributed by atoms with Gasteiger partial charge in [0.2, 0.25) is 5.75 Å². The van der Waals surface area contributed by atoms with Gasteiger partial charge in [-0.15, -0.1) is 0 Å². The van der Waals surface area contributed by atoms with E-state index in [9.17, 15) is 0 Å². The van der Waals surface area contributed by atoms with Crippen molar-refractivity contribution in [3.05, 3.63) is 54.4 Å². The molecule has 2 aliphatic heterocycles. The van der Waals surface area contributed by atoms with Crippen molar-refractivity contribution in [2.45, 2.75) is 12.5 Å². The Morgan fingerprint density at radius 1 is 1.29 bits per heavy atom. The molecule has 0 aliphatic carbocycles. The Balaban J connectivity index is 1.26. The molecule has 1 atom stereocenters. The van der Waals surface area contributed by atoms with Crippen molar-refractivity contribution in [2.75, 3.05) is 33.4 Å². The highest BCUT2D eigenvalue weighted by Crippen LogP contribution is 2.40. The van der Waals surface area contributed by atoms with Gasteiger partial charge in [-0.1, -0.05) is 12.1 Å². The van der Waals surface area contributed by atoms with Crippen LogP contribution in [0.5, 0.6) is 17.2 Å². The number of hydrogen-bond donors (Lipinski definition) is 1. The van der Waals surface area contributed by atoms with E-state index >= 15 is 0 Å². The Bertz CT molecular complexity index is 1010. The van der Waals surface area contributed by atoms with Crippen molar-refractivity contribution in [1.29, 1.82) is 0 Å². The summed E-state index contributed by atoms with van der Waals surface area (Å²) in [6.45, 7) is 3.29. The fraction of sp³-hybridized carbons (Fsp3) is 0.318. The first kappa shape index (κ1) is 17.1. The van der Waals surface area contributed by atoms with Gasteiger partial charge >= 0.3 is 0 Å². The fourth-order valence-corrected chi connectivity index (χ4v) is 3.99. The molecule has 1 aromatic carbocycles. The first-order chi connectivity index (χ1) is 13.8. The van der Waals surface area contributed by atoms with Crippen LogP contribution in [-0.2, 0) is 0 Å². The van der Waals surface area contributed by atoms with Crippen LogP contribution >= 0.6 is 0 Å². The Morgan fingerprint density at radius 2 is 2.25 bits per heavy atom. The van der Waals surface area contributed by atoms with E-state index < -0.39 is 0 Å². The van der Waals surface area contributed by atoms with Gasteiger partial charge in [-0.25, -0.2) is 4.98 Å². The minimum atomic E-state index is -0.00367. The molecule has 6 nitrogen and oxygen atoms in total. The lowest BCUT2D eigenvalue weighted by Crippen LogP contribution is -2.42. The summed E-state index contributed by atoms with van der Waals surface area (Å²) in [7, 11) is 1.65. The van der Waals surface area contributed by atoms with Gasteiger partial charge in [0, 0.05) is 43.0 Å². The van der Waals surface area contributed by atoms with Crippen molar-refractivity contribution in [1.82, 2.24) is 14.9 Å². The van der Waals surface area contributed by atoms with Gasteiger partial charge in [-0.05, 0) is 36.3 Å². The number of para-hydroxylation sites is 1. The van der Waals surface area contributed by atoms with E-state index in [0.717, 1.165) is 43.2 Å². The first-order valence-corrected chi connectivity index (χ1v) is 9.62. The zero-order chi connectivity index (χ0) is 18.9. The van der Waals surface area contributed by atoms with Crippen LogP contribution in [0.1, 0.15) is 12.0 Å². The third-order valence-electron chi connectivity index (χ3n) is 5.42. The van der Waals surface area contributed by atoms with Crippen molar-refractivity contribution in [3.8, 4) is 17.2 Å². The zero-order valence-electron chi connectivity index (χ0n) is 15.9. The molecule has 0 fully saturated rings. The Labute approximate surface area is 163 Å². The number of benzene rings is 1. The summed E-state index contributed by atoms with van der Waals surface area (Å²) < 4.78 is 17.5. The van der Waals surface area contributed by atoms with Crippen LogP contribution in [0.2, 0.25) is 0 Å². The minimum absolute atomic E-state index is 0.00367. The summed E-state index contributed by atoms with van der Waals surface area (Å²) in [6, 6.07) is 9.84. The lowest BCUT2D eigenvalue weighted by atomic mass is 9.99. The topological polar surface area (TPSA) is 59.6 Å². The average molecular weight is 377 g/mol. The second-order valence-corrected chi connectivity index (χ2v) is 7.18. The van der Waals surface area contributed by atoms with Crippen LogP contribution in [0, 0.1) is 0 Å². The number of aromatic nitrogens is 2. The zero-order valence-corrected chi connectivity index (χ0v) is 15.9. The maximum atomic E-state index is 6.19. The third-order valence-corrected chi connectivity index (χ3v) is 5.42. The van der Waals surface area contributed by atoms with Gasteiger partial charge in [-0.3, -0.25) is 4.90 Å². The number of ether oxygens (including phenoxy) is 3. The van der Waals surface area contributed by atoms with Crippen LogP contribution in [-0.4, -0.2) is 54.3 Å². The van der Waals surface area contributed by atoms with E-state index in [2.05, 4.69) is 33.2 Å². The maximum absolute atomic E-state index is 6.19. The summed E-state index contributed by atoms with van der Waals surface area (Å²) in [4.78, 5) is 10.1. The van der Waals surface area contributed by atoms with Gasteiger partial charge < -0.3 is 19.2 Å². The average Bonchev–Trinajstić information content (AvgIpc) is 3.18. The predicted octanol–water partition coefficient (Wildman–Crippen LogP) is 3.50. The molecule has 1 unspecified atom stereocenters. The molecule has 0 radical (unpaired) electrons. The lowest BCUT2D eigenvalue weighted by Gasteiger charge is -2.33. The van der Waals surface area contributed by atoms with Crippen molar-refractivity contribution in [2.24, 2.45) is 0 Å². The second-order valence-electron chi connectivity index (χ2n) is 7.18. The molecule has 6 heteroatoms. The Kier molecular flexibility index (Phi) is 4.41. The molecule has 2 aromatic heterocycles. The second kappa shape index (κ2) is 7.20. The van der Waals surface area contributed by atoms with Crippen molar-refractivity contribution in [3.63, 3.8) is 0 Å². The van der Waals surface area contributed by atoms with E-state index in [4.69, 9.17) is 14.2 Å².